The van der Waals surface area contributed by atoms with Crippen molar-refractivity contribution in [3.05, 3.63) is 69.0 Å². The van der Waals surface area contributed by atoms with Gasteiger partial charge in [-0.25, -0.2) is 0 Å². The monoisotopic (exact) mass is 540 g/mol. The summed E-state index contributed by atoms with van der Waals surface area (Å²) in [5, 5.41) is 29.0. The maximum Gasteiger partial charge on any atom is 0.269 e. The second kappa shape index (κ2) is 10.1. The van der Waals surface area contributed by atoms with Gasteiger partial charge in [0.25, 0.3) is 5.69 Å². The van der Waals surface area contributed by atoms with E-state index >= 15 is 0 Å². The normalized spacial score (nSPS) is 14.4. The first-order valence-corrected chi connectivity index (χ1v) is 12.8. The van der Waals surface area contributed by atoms with Crippen LogP contribution in [0, 0.1) is 10.1 Å². The van der Waals surface area contributed by atoms with E-state index in [0.29, 0.717) is 29.1 Å². The van der Waals surface area contributed by atoms with Crippen molar-refractivity contribution in [2.45, 2.75) is 49.1 Å². The number of hydrogen-bond acceptors (Lipinski definition) is 8. The molecule has 4 aromatic rings. The van der Waals surface area contributed by atoms with Gasteiger partial charge in [-0.2, -0.15) is 0 Å². The van der Waals surface area contributed by atoms with Crippen molar-refractivity contribution in [2.75, 3.05) is 0 Å². The molecule has 2 heterocycles. The number of halogens is 1. The van der Waals surface area contributed by atoms with Crippen molar-refractivity contribution in [1.29, 1.82) is 0 Å². The Kier molecular flexibility index (Phi) is 6.73. The number of non-ortho nitro benzene ring substituents is 1. The fourth-order valence-electron chi connectivity index (χ4n) is 4.12. The largest absolute Gasteiger partial charge is 0.420 e. The lowest BCUT2D eigenvalue weighted by Crippen LogP contribution is -2.15. The Morgan fingerprint density at radius 1 is 0.971 bits per heavy atom. The van der Waals surface area contributed by atoms with E-state index in [-0.39, 0.29) is 5.69 Å². The number of aromatic nitrogens is 5. The molecule has 11 heteroatoms. The predicted octanol–water partition coefficient (Wildman–Crippen LogP) is 6.46. The number of hydrogen-bond donors (Lipinski definition) is 0. The number of rotatable bonds is 7. The summed E-state index contributed by atoms with van der Waals surface area (Å²) in [5.41, 5.74) is 1.69. The zero-order chi connectivity index (χ0) is 23.5. The molecule has 0 N–H and O–H groups in total. The van der Waals surface area contributed by atoms with Gasteiger partial charge >= 0.3 is 0 Å². The van der Waals surface area contributed by atoms with Crippen LogP contribution in [-0.4, -0.2) is 29.9 Å². The molecule has 1 fully saturated rings. The highest BCUT2D eigenvalue weighted by molar-refractivity contribution is 9.10. The summed E-state index contributed by atoms with van der Waals surface area (Å²) in [6, 6.07) is 14.5. The molecule has 0 bridgehead atoms. The quantitative estimate of drug-likeness (QED) is 0.149. The number of benzene rings is 2. The van der Waals surface area contributed by atoms with Crippen LogP contribution in [0.3, 0.4) is 0 Å². The molecule has 0 saturated heterocycles. The molecule has 0 radical (unpaired) electrons. The molecule has 0 spiro atoms. The highest BCUT2D eigenvalue weighted by Gasteiger charge is 2.24. The highest BCUT2D eigenvalue weighted by atomic mass is 79.9. The lowest BCUT2D eigenvalue weighted by Gasteiger charge is -2.25. The highest BCUT2D eigenvalue weighted by Crippen LogP contribution is 2.36. The maximum absolute atomic E-state index is 10.9. The third kappa shape index (κ3) is 4.90. The molecular formula is C23H21BrN6O3S. The van der Waals surface area contributed by atoms with Crippen molar-refractivity contribution in [3.63, 3.8) is 0 Å². The van der Waals surface area contributed by atoms with E-state index in [2.05, 4.69) is 53.0 Å². The van der Waals surface area contributed by atoms with Gasteiger partial charge in [-0.3, -0.25) is 14.7 Å². The summed E-state index contributed by atoms with van der Waals surface area (Å²) in [6.45, 7) is 0. The molecule has 2 aromatic carbocycles. The second-order valence-electron chi connectivity index (χ2n) is 8.07. The zero-order valence-corrected chi connectivity index (χ0v) is 20.5. The molecule has 34 heavy (non-hydrogen) atoms. The van der Waals surface area contributed by atoms with Crippen molar-refractivity contribution in [2.24, 2.45) is 0 Å². The number of nitro groups is 1. The minimum Gasteiger partial charge on any atom is -0.420 e. The Morgan fingerprint density at radius 3 is 2.38 bits per heavy atom. The molecule has 0 aliphatic heterocycles. The summed E-state index contributed by atoms with van der Waals surface area (Å²) in [7, 11) is 0. The number of nitrogens with zero attached hydrogens (tertiary/aromatic N) is 6. The van der Waals surface area contributed by atoms with E-state index < -0.39 is 4.92 Å². The van der Waals surface area contributed by atoms with Gasteiger partial charge in [-0.1, -0.05) is 59.1 Å². The predicted molar refractivity (Wildman–Crippen MR) is 131 cm³/mol. The molecule has 174 valence electrons. The van der Waals surface area contributed by atoms with Crippen LogP contribution in [0.2, 0.25) is 0 Å². The van der Waals surface area contributed by atoms with Crippen LogP contribution in [0.4, 0.5) is 5.69 Å². The Bertz CT molecular complexity index is 1280. The third-order valence-corrected chi connectivity index (χ3v) is 7.28. The van der Waals surface area contributed by atoms with E-state index in [4.69, 9.17) is 4.42 Å². The number of thioether (sulfide) groups is 1. The lowest BCUT2D eigenvalue weighted by molar-refractivity contribution is -0.384. The van der Waals surface area contributed by atoms with Crippen LogP contribution in [0.5, 0.6) is 0 Å². The van der Waals surface area contributed by atoms with Crippen LogP contribution in [0.15, 0.2) is 62.6 Å². The molecule has 5 rings (SSSR count). The van der Waals surface area contributed by atoms with Crippen LogP contribution >= 0.6 is 27.7 Å². The van der Waals surface area contributed by atoms with Crippen molar-refractivity contribution >= 4 is 33.4 Å². The van der Waals surface area contributed by atoms with Crippen molar-refractivity contribution in [1.82, 2.24) is 25.0 Å². The van der Waals surface area contributed by atoms with Crippen LogP contribution in [0.25, 0.3) is 22.8 Å². The van der Waals surface area contributed by atoms with Crippen molar-refractivity contribution in [3.8, 4) is 22.8 Å². The van der Waals surface area contributed by atoms with Gasteiger partial charge < -0.3 is 4.42 Å². The van der Waals surface area contributed by atoms with Gasteiger partial charge in [0.05, 0.1) is 10.7 Å². The van der Waals surface area contributed by atoms with Crippen LogP contribution in [-0.2, 0) is 5.75 Å². The minimum atomic E-state index is -0.440. The summed E-state index contributed by atoms with van der Waals surface area (Å²) in [5.74, 6) is 2.11. The molecule has 2 aromatic heterocycles. The summed E-state index contributed by atoms with van der Waals surface area (Å²) >= 11 is 5.02. The number of nitro benzene ring substituents is 1. The third-order valence-electron chi connectivity index (χ3n) is 5.82. The minimum absolute atomic E-state index is 0.0164. The molecule has 9 nitrogen and oxygen atoms in total. The van der Waals surface area contributed by atoms with Gasteiger partial charge in [0.15, 0.2) is 11.0 Å². The first-order valence-electron chi connectivity index (χ1n) is 11.0. The lowest BCUT2D eigenvalue weighted by atomic mass is 9.95. The first kappa shape index (κ1) is 22.7. The molecule has 0 atom stereocenters. The van der Waals surface area contributed by atoms with Gasteiger partial charge in [-0.15, -0.1) is 20.4 Å². The molecule has 1 aliphatic rings. The Labute approximate surface area is 208 Å². The summed E-state index contributed by atoms with van der Waals surface area (Å²) in [6.07, 6.45) is 5.89. The average Bonchev–Trinajstić information content (AvgIpc) is 3.51. The van der Waals surface area contributed by atoms with E-state index in [1.54, 1.807) is 12.1 Å². The maximum atomic E-state index is 10.9. The van der Waals surface area contributed by atoms with Gasteiger partial charge in [0, 0.05) is 33.8 Å². The average molecular weight is 541 g/mol. The molecule has 0 unspecified atom stereocenters. The smallest absolute Gasteiger partial charge is 0.269 e. The molecule has 0 amide bonds. The van der Waals surface area contributed by atoms with Crippen molar-refractivity contribution < 1.29 is 9.34 Å². The molecule has 1 aliphatic carbocycles. The van der Waals surface area contributed by atoms with E-state index in [0.717, 1.165) is 33.9 Å². The summed E-state index contributed by atoms with van der Waals surface area (Å²) < 4.78 is 9.09. The van der Waals surface area contributed by atoms with Crippen LogP contribution in [0.1, 0.15) is 44.0 Å². The topological polar surface area (TPSA) is 113 Å². The standard InChI is InChI=1S/C23H21BrN6O3S/c24-17-10-6-15(7-11-17)21-26-28-23(29(21)18-4-2-1-3-5-18)34-14-20-25-27-22(33-20)16-8-12-19(13-9-16)30(31)32/h6-13,18H,1-5,14H2. The molecule has 1 saturated carbocycles. The Morgan fingerprint density at radius 2 is 1.68 bits per heavy atom. The van der Waals surface area contributed by atoms with E-state index in [9.17, 15) is 10.1 Å². The Balaban J connectivity index is 1.36. The van der Waals surface area contributed by atoms with Gasteiger partial charge in [0.1, 0.15) is 0 Å². The zero-order valence-electron chi connectivity index (χ0n) is 18.1. The Hall–Kier alpha value is -3.05. The fourth-order valence-corrected chi connectivity index (χ4v) is 5.23. The SMILES string of the molecule is O=[N+]([O-])c1ccc(-c2nnc(CSc3nnc(-c4ccc(Br)cc4)n3C3CCCCC3)o2)cc1. The van der Waals surface area contributed by atoms with E-state index in [1.807, 2.05) is 12.1 Å². The molecular weight excluding hydrogens is 520 g/mol. The van der Waals surface area contributed by atoms with E-state index in [1.165, 1.54) is 43.2 Å². The second-order valence-corrected chi connectivity index (χ2v) is 9.93. The van der Waals surface area contributed by atoms with Gasteiger partial charge in [0.2, 0.25) is 11.8 Å². The summed E-state index contributed by atoms with van der Waals surface area (Å²) in [4.78, 5) is 10.4. The van der Waals surface area contributed by atoms with Crippen LogP contribution < -0.4 is 0 Å². The van der Waals surface area contributed by atoms with Gasteiger partial charge in [-0.05, 0) is 37.1 Å². The first-order chi connectivity index (χ1) is 16.6. The fraction of sp³-hybridized carbons (Fsp3) is 0.304.